The van der Waals surface area contributed by atoms with E-state index in [1.807, 2.05) is 12.2 Å². The zero-order chi connectivity index (χ0) is 17.6. The fourth-order valence-corrected chi connectivity index (χ4v) is 3.31. The highest BCUT2D eigenvalue weighted by molar-refractivity contribution is 5.67. The zero-order valence-electron chi connectivity index (χ0n) is 14.8. The van der Waals surface area contributed by atoms with Gasteiger partial charge in [0.25, 0.3) is 0 Å². The predicted octanol–water partition coefficient (Wildman–Crippen LogP) is 4.08. The number of aliphatic hydroxyl groups is 2. The van der Waals surface area contributed by atoms with Crippen molar-refractivity contribution < 1.29 is 20.1 Å². The maximum absolute atomic E-state index is 10.6. The molecular weight excluding hydrogens is 304 g/mol. The van der Waals surface area contributed by atoms with Crippen LogP contribution in [0.3, 0.4) is 0 Å². The third-order valence-corrected chi connectivity index (χ3v) is 4.79. The van der Waals surface area contributed by atoms with E-state index in [0.29, 0.717) is 5.92 Å². The van der Waals surface area contributed by atoms with Gasteiger partial charge in [0, 0.05) is 12.5 Å². The number of carboxylic acids is 1. The van der Waals surface area contributed by atoms with Gasteiger partial charge in [-0.15, -0.1) is 0 Å². The van der Waals surface area contributed by atoms with E-state index >= 15 is 0 Å². The van der Waals surface area contributed by atoms with Crippen LogP contribution in [0.4, 0.5) is 0 Å². The van der Waals surface area contributed by atoms with E-state index in [2.05, 4.69) is 6.08 Å². The maximum Gasteiger partial charge on any atom is 0.304 e. The van der Waals surface area contributed by atoms with Crippen LogP contribution in [0.2, 0.25) is 0 Å². The first-order valence-electron chi connectivity index (χ1n) is 9.45. The molecule has 0 saturated heterocycles. The molecule has 0 bridgehead atoms. The predicted molar refractivity (Wildman–Crippen MR) is 96.8 cm³/mol. The van der Waals surface area contributed by atoms with Crippen molar-refractivity contribution in [3.8, 4) is 0 Å². The van der Waals surface area contributed by atoms with Crippen molar-refractivity contribution >= 4 is 5.97 Å². The number of aliphatic carboxylic acids is 1. The lowest BCUT2D eigenvalue weighted by atomic mass is 9.99. The summed E-state index contributed by atoms with van der Waals surface area (Å²) >= 11 is 0. The molecule has 3 N–H and O–H groups in total. The summed E-state index contributed by atoms with van der Waals surface area (Å²) < 4.78 is 0. The van der Waals surface area contributed by atoms with Gasteiger partial charge in [0.1, 0.15) is 0 Å². The third-order valence-electron chi connectivity index (χ3n) is 4.79. The van der Waals surface area contributed by atoms with Crippen LogP contribution in [0.25, 0.3) is 0 Å². The van der Waals surface area contributed by atoms with Gasteiger partial charge in [0.2, 0.25) is 0 Å². The summed E-state index contributed by atoms with van der Waals surface area (Å²) in [5.41, 5.74) is 1.22. The minimum absolute atomic E-state index is 0.00296. The average molecular weight is 338 g/mol. The van der Waals surface area contributed by atoms with Gasteiger partial charge in [-0.1, -0.05) is 50.3 Å². The highest BCUT2D eigenvalue weighted by Crippen LogP contribution is 2.28. The van der Waals surface area contributed by atoms with Gasteiger partial charge >= 0.3 is 5.97 Å². The average Bonchev–Trinajstić information content (AvgIpc) is 3.03. The Balaban J connectivity index is 1.92. The fourth-order valence-electron chi connectivity index (χ4n) is 3.31. The molecule has 0 radical (unpaired) electrons. The molecule has 0 unspecified atom stereocenters. The molecule has 1 aliphatic rings. The topological polar surface area (TPSA) is 77.8 Å². The summed E-state index contributed by atoms with van der Waals surface area (Å²) in [6.45, 7) is 0.138. The SMILES string of the molecule is O=C(O)C[C@H](/C=C/CCCCCCCC[C@@H]1C=C(CO)CC1)CO. The molecule has 1 rings (SSSR count). The highest BCUT2D eigenvalue weighted by Gasteiger charge is 2.14. The van der Waals surface area contributed by atoms with Gasteiger partial charge in [0.05, 0.1) is 13.0 Å². The molecule has 24 heavy (non-hydrogen) atoms. The van der Waals surface area contributed by atoms with Gasteiger partial charge in [-0.25, -0.2) is 0 Å². The lowest BCUT2D eigenvalue weighted by molar-refractivity contribution is -0.138. The number of carbonyl (C=O) groups is 1. The smallest absolute Gasteiger partial charge is 0.304 e. The molecular formula is C20H34O4. The largest absolute Gasteiger partial charge is 0.481 e. The molecule has 0 aromatic heterocycles. The number of carboxylic acid groups (broad SMARTS) is 1. The summed E-state index contributed by atoms with van der Waals surface area (Å²) in [4.78, 5) is 10.6. The highest BCUT2D eigenvalue weighted by atomic mass is 16.4. The number of allylic oxidation sites excluding steroid dienone is 2. The Morgan fingerprint density at radius 2 is 1.88 bits per heavy atom. The van der Waals surface area contributed by atoms with Crippen LogP contribution >= 0.6 is 0 Å². The van der Waals surface area contributed by atoms with Gasteiger partial charge < -0.3 is 15.3 Å². The number of unbranched alkanes of at least 4 members (excludes halogenated alkanes) is 6. The van der Waals surface area contributed by atoms with Gasteiger partial charge in [0.15, 0.2) is 0 Å². The summed E-state index contributed by atoms with van der Waals surface area (Å²) in [6.07, 6.45) is 18.1. The maximum atomic E-state index is 10.6. The molecule has 1 aliphatic carbocycles. The van der Waals surface area contributed by atoms with E-state index in [9.17, 15) is 4.79 Å². The first-order valence-corrected chi connectivity index (χ1v) is 9.45. The molecule has 2 atom stereocenters. The second-order valence-corrected chi connectivity index (χ2v) is 6.95. The van der Waals surface area contributed by atoms with Crippen LogP contribution in [-0.2, 0) is 4.79 Å². The molecule has 0 aliphatic heterocycles. The van der Waals surface area contributed by atoms with Crippen LogP contribution in [-0.4, -0.2) is 34.5 Å². The Morgan fingerprint density at radius 1 is 1.17 bits per heavy atom. The van der Waals surface area contributed by atoms with Crippen molar-refractivity contribution in [2.75, 3.05) is 13.2 Å². The Kier molecular flexibility index (Phi) is 11.5. The Morgan fingerprint density at radius 3 is 2.50 bits per heavy atom. The summed E-state index contributed by atoms with van der Waals surface area (Å²) in [5, 5.41) is 26.9. The van der Waals surface area contributed by atoms with Crippen molar-refractivity contribution in [3.63, 3.8) is 0 Å². The number of rotatable bonds is 14. The molecule has 0 fully saturated rings. The van der Waals surface area contributed by atoms with Crippen LogP contribution in [0.1, 0.15) is 70.6 Å². The summed E-state index contributed by atoms with van der Waals surface area (Å²) in [7, 11) is 0. The molecule has 0 aromatic carbocycles. The van der Waals surface area contributed by atoms with Crippen LogP contribution in [0.15, 0.2) is 23.8 Å². The zero-order valence-corrected chi connectivity index (χ0v) is 14.8. The second-order valence-electron chi connectivity index (χ2n) is 6.95. The first-order chi connectivity index (χ1) is 11.7. The standard InChI is InChI=1S/C20H34O4/c21-15-18(14-20(23)24)10-8-6-4-2-1-3-5-7-9-17-11-12-19(13-17)16-22/h8,10,13,17-18,21-22H,1-7,9,11-12,14-16H2,(H,23,24)/b10-8+/t17-,18-/m0/s1. The second kappa shape index (κ2) is 13.2. The molecule has 0 saturated carbocycles. The van der Waals surface area contributed by atoms with Crippen molar-refractivity contribution in [2.45, 2.75) is 70.6 Å². The lowest BCUT2D eigenvalue weighted by Gasteiger charge is -2.06. The summed E-state index contributed by atoms with van der Waals surface area (Å²) in [5.74, 6) is -0.416. The van der Waals surface area contributed by atoms with E-state index < -0.39 is 5.97 Å². The van der Waals surface area contributed by atoms with E-state index in [0.717, 1.165) is 19.3 Å². The first kappa shape index (κ1) is 20.9. The number of hydrogen-bond donors (Lipinski definition) is 3. The number of aliphatic hydroxyl groups excluding tert-OH is 2. The van der Waals surface area contributed by atoms with Gasteiger partial charge in [-0.05, 0) is 43.6 Å². The van der Waals surface area contributed by atoms with E-state index in [1.54, 1.807) is 0 Å². The molecule has 0 spiro atoms. The lowest BCUT2D eigenvalue weighted by Crippen LogP contribution is -2.09. The van der Waals surface area contributed by atoms with Crippen LogP contribution in [0, 0.1) is 11.8 Å². The molecule has 4 nitrogen and oxygen atoms in total. The summed E-state index contributed by atoms with van der Waals surface area (Å²) in [6, 6.07) is 0. The normalized spacial score (nSPS) is 18.9. The number of hydrogen-bond acceptors (Lipinski definition) is 3. The van der Waals surface area contributed by atoms with Crippen LogP contribution in [0.5, 0.6) is 0 Å². The van der Waals surface area contributed by atoms with E-state index in [-0.39, 0.29) is 25.6 Å². The third kappa shape index (κ3) is 9.89. The monoisotopic (exact) mass is 338 g/mol. The van der Waals surface area contributed by atoms with Gasteiger partial charge in [-0.3, -0.25) is 4.79 Å². The molecule has 0 heterocycles. The van der Waals surface area contributed by atoms with Crippen LogP contribution < -0.4 is 0 Å². The quantitative estimate of drug-likeness (QED) is 0.329. The molecule has 0 aromatic rings. The minimum atomic E-state index is -0.862. The van der Waals surface area contributed by atoms with E-state index in [1.165, 1.54) is 50.5 Å². The fraction of sp³-hybridized carbons (Fsp3) is 0.750. The van der Waals surface area contributed by atoms with Gasteiger partial charge in [-0.2, -0.15) is 0 Å². The Hall–Kier alpha value is -1.13. The molecule has 0 amide bonds. The molecule has 4 heteroatoms. The van der Waals surface area contributed by atoms with Crippen molar-refractivity contribution in [1.29, 1.82) is 0 Å². The van der Waals surface area contributed by atoms with E-state index in [4.69, 9.17) is 15.3 Å². The Labute approximate surface area is 146 Å². The van der Waals surface area contributed by atoms with Crippen molar-refractivity contribution in [2.24, 2.45) is 11.8 Å². The molecule has 138 valence electrons. The van der Waals surface area contributed by atoms with Crippen molar-refractivity contribution in [1.82, 2.24) is 0 Å². The minimum Gasteiger partial charge on any atom is -0.481 e. The van der Waals surface area contributed by atoms with Crippen molar-refractivity contribution in [3.05, 3.63) is 23.8 Å². The Bertz CT molecular complexity index is 400.